The number of hydrogen-bond acceptors (Lipinski definition) is 2. The number of rotatable bonds is 5. The van der Waals surface area contributed by atoms with E-state index < -0.39 is 0 Å². The van der Waals surface area contributed by atoms with Gasteiger partial charge in [-0.1, -0.05) is 26.0 Å². The van der Waals surface area contributed by atoms with Gasteiger partial charge in [0.2, 0.25) is 0 Å². The highest BCUT2D eigenvalue weighted by Crippen LogP contribution is 2.12. The van der Waals surface area contributed by atoms with Gasteiger partial charge in [-0.25, -0.2) is 4.98 Å². The average molecular weight is 230 g/mol. The first-order valence-corrected chi connectivity index (χ1v) is 6.08. The summed E-state index contributed by atoms with van der Waals surface area (Å²) in [6.45, 7) is 4.72. The lowest BCUT2D eigenvalue weighted by Crippen LogP contribution is -2.09. The predicted molar refractivity (Wildman–Crippen MR) is 68.8 cm³/mol. The van der Waals surface area contributed by atoms with Gasteiger partial charge >= 0.3 is 0 Å². The zero-order valence-electron chi connectivity index (χ0n) is 10.4. The molecule has 2 aromatic rings. The Hall–Kier alpha value is -1.64. The van der Waals surface area contributed by atoms with Gasteiger partial charge < -0.3 is 4.57 Å². The molecule has 3 heteroatoms. The largest absolute Gasteiger partial charge is 0.323 e. The Morgan fingerprint density at radius 2 is 2.12 bits per heavy atom. The van der Waals surface area contributed by atoms with Gasteiger partial charge in [0.25, 0.3) is 0 Å². The van der Waals surface area contributed by atoms with E-state index in [1.807, 2.05) is 28.8 Å². The number of fused-ring (bicyclic) bond motifs is 1. The second kappa shape index (κ2) is 5.13. The van der Waals surface area contributed by atoms with Gasteiger partial charge in [0.05, 0.1) is 23.9 Å². The van der Waals surface area contributed by atoms with Gasteiger partial charge in [0, 0.05) is 6.42 Å². The number of ketones is 1. The van der Waals surface area contributed by atoms with Gasteiger partial charge in [0.15, 0.2) is 5.78 Å². The lowest BCUT2D eigenvalue weighted by molar-refractivity contribution is -0.119. The zero-order valence-corrected chi connectivity index (χ0v) is 10.4. The normalized spacial score (nSPS) is 11.2. The summed E-state index contributed by atoms with van der Waals surface area (Å²) in [5.74, 6) is 0.861. The summed E-state index contributed by atoms with van der Waals surface area (Å²) in [6.07, 6.45) is 3.37. The molecule has 1 heterocycles. The van der Waals surface area contributed by atoms with E-state index in [0.717, 1.165) is 17.5 Å². The van der Waals surface area contributed by atoms with Crippen LogP contribution in [0.1, 0.15) is 26.7 Å². The second-order valence-corrected chi connectivity index (χ2v) is 4.83. The topological polar surface area (TPSA) is 34.9 Å². The van der Waals surface area contributed by atoms with Crippen LogP contribution >= 0.6 is 0 Å². The standard InChI is InChI=1S/C14H18N2O/c1-11(2)7-8-12(17)9-16-10-15-13-5-3-4-6-14(13)16/h3-6,10-11H,7-9H2,1-2H3. The van der Waals surface area contributed by atoms with E-state index in [2.05, 4.69) is 18.8 Å². The third kappa shape index (κ3) is 2.93. The smallest absolute Gasteiger partial charge is 0.152 e. The maximum Gasteiger partial charge on any atom is 0.152 e. The molecule has 1 aromatic carbocycles. The first-order valence-electron chi connectivity index (χ1n) is 6.08. The first-order chi connectivity index (χ1) is 8.16. The maximum absolute atomic E-state index is 11.8. The number of imidazole rings is 1. The highest BCUT2D eigenvalue weighted by molar-refractivity contribution is 5.81. The molecule has 0 radical (unpaired) electrons. The SMILES string of the molecule is CC(C)CCC(=O)Cn1cnc2ccccc21. The molecule has 3 nitrogen and oxygen atoms in total. The number of aromatic nitrogens is 2. The molecule has 0 N–H and O–H groups in total. The summed E-state index contributed by atoms with van der Waals surface area (Å²) >= 11 is 0. The van der Waals surface area contributed by atoms with Crippen molar-refractivity contribution in [2.24, 2.45) is 5.92 Å². The number of nitrogens with zero attached hydrogens (tertiary/aromatic N) is 2. The van der Waals surface area contributed by atoms with Gasteiger partial charge in [-0.2, -0.15) is 0 Å². The van der Waals surface area contributed by atoms with Crippen LogP contribution in [0, 0.1) is 5.92 Å². The van der Waals surface area contributed by atoms with Crippen LogP contribution in [0.4, 0.5) is 0 Å². The minimum Gasteiger partial charge on any atom is -0.323 e. The lowest BCUT2D eigenvalue weighted by Gasteiger charge is -2.05. The number of carbonyl (C=O) groups excluding carboxylic acids is 1. The second-order valence-electron chi connectivity index (χ2n) is 4.83. The fourth-order valence-corrected chi connectivity index (χ4v) is 1.86. The molecular formula is C14H18N2O. The predicted octanol–water partition coefficient (Wildman–Crippen LogP) is 3.04. The molecule has 0 atom stereocenters. The molecule has 0 saturated heterocycles. The Morgan fingerprint density at radius 1 is 1.35 bits per heavy atom. The van der Waals surface area contributed by atoms with Crippen molar-refractivity contribution in [1.82, 2.24) is 9.55 Å². The van der Waals surface area contributed by atoms with Crippen LogP contribution in [-0.2, 0) is 11.3 Å². The molecule has 90 valence electrons. The number of carbonyl (C=O) groups is 1. The van der Waals surface area contributed by atoms with Crippen LogP contribution in [0.5, 0.6) is 0 Å². The van der Waals surface area contributed by atoms with Crippen LogP contribution in [0.3, 0.4) is 0 Å². The Morgan fingerprint density at radius 3 is 2.88 bits per heavy atom. The first kappa shape index (κ1) is 11.8. The lowest BCUT2D eigenvalue weighted by atomic mass is 10.1. The van der Waals surface area contributed by atoms with Crippen molar-refractivity contribution in [3.05, 3.63) is 30.6 Å². The molecule has 0 saturated carbocycles. The van der Waals surface area contributed by atoms with Gasteiger partial charge in [-0.3, -0.25) is 4.79 Å². The Labute approximate surface area is 101 Å². The van der Waals surface area contributed by atoms with Crippen molar-refractivity contribution in [2.45, 2.75) is 33.2 Å². The molecule has 0 spiro atoms. The van der Waals surface area contributed by atoms with Crippen molar-refractivity contribution in [2.75, 3.05) is 0 Å². The molecular weight excluding hydrogens is 212 g/mol. The van der Waals surface area contributed by atoms with Gasteiger partial charge in [-0.05, 0) is 24.5 Å². The number of hydrogen-bond donors (Lipinski definition) is 0. The molecule has 1 aromatic heterocycles. The molecule has 0 fully saturated rings. The Bertz CT molecular complexity index is 514. The molecule has 17 heavy (non-hydrogen) atoms. The highest BCUT2D eigenvalue weighted by atomic mass is 16.1. The van der Waals surface area contributed by atoms with E-state index in [0.29, 0.717) is 18.9 Å². The molecule has 0 aliphatic rings. The van der Waals surface area contributed by atoms with E-state index in [-0.39, 0.29) is 5.78 Å². The van der Waals surface area contributed by atoms with Crippen LogP contribution < -0.4 is 0 Å². The van der Waals surface area contributed by atoms with Crippen molar-refractivity contribution in [1.29, 1.82) is 0 Å². The van der Waals surface area contributed by atoms with Crippen molar-refractivity contribution >= 4 is 16.8 Å². The number of para-hydroxylation sites is 2. The van der Waals surface area contributed by atoms with Crippen LogP contribution in [0.25, 0.3) is 11.0 Å². The fourth-order valence-electron chi connectivity index (χ4n) is 1.86. The van der Waals surface area contributed by atoms with E-state index in [9.17, 15) is 4.79 Å². The number of benzene rings is 1. The van der Waals surface area contributed by atoms with Crippen molar-refractivity contribution < 1.29 is 4.79 Å². The third-order valence-electron chi connectivity index (χ3n) is 2.87. The van der Waals surface area contributed by atoms with Crippen molar-refractivity contribution in [3.63, 3.8) is 0 Å². The summed E-state index contributed by atoms with van der Waals surface area (Å²) < 4.78 is 1.93. The van der Waals surface area contributed by atoms with E-state index in [1.165, 1.54) is 0 Å². The van der Waals surface area contributed by atoms with Crippen LogP contribution in [0.2, 0.25) is 0 Å². The monoisotopic (exact) mass is 230 g/mol. The summed E-state index contributed by atoms with van der Waals surface area (Å²) in [5, 5.41) is 0. The molecule has 0 aliphatic carbocycles. The summed E-state index contributed by atoms with van der Waals surface area (Å²) in [7, 11) is 0. The molecule has 0 unspecified atom stereocenters. The average Bonchev–Trinajstić information content (AvgIpc) is 2.70. The summed E-state index contributed by atoms with van der Waals surface area (Å²) in [6, 6.07) is 7.89. The van der Waals surface area contributed by atoms with Crippen LogP contribution in [-0.4, -0.2) is 15.3 Å². The van der Waals surface area contributed by atoms with E-state index >= 15 is 0 Å². The van der Waals surface area contributed by atoms with E-state index in [4.69, 9.17) is 0 Å². The Kier molecular flexibility index (Phi) is 3.57. The summed E-state index contributed by atoms with van der Waals surface area (Å²) in [5.41, 5.74) is 1.98. The fraction of sp³-hybridized carbons (Fsp3) is 0.429. The van der Waals surface area contributed by atoms with Gasteiger partial charge in [-0.15, -0.1) is 0 Å². The Balaban J connectivity index is 2.06. The van der Waals surface area contributed by atoms with Gasteiger partial charge in [0.1, 0.15) is 0 Å². The maximum atomic E-state index is 11.8. The molecule has 0 amide bonds. The van der Waals surface area contributed by atoms with E-state index in [1.54, 1.807) is 6.33 Å². The minimum absolute atomic E-state index is 0.279. The molecule has 0 bridgehead atoms. The molecule has 2 rings (SSSR count). The van der Waals surface area contributed by atoms with Crippen molar-refractivity contribution in [3.8, 4) is 0 Å². The highest BCUT2D eigenvalue weighted by Gasteiger charge is 2.07. The zero-order chi connectivity index (χ0) is 12.3. The van der Waals surface area contributed by atoms with Crippen LogP contribution in [0.15, 0.2) is 30.6 Å². The third-order valence-corrected chi connectivity index (χ3v) is 2.87. The minimum atomic E-state index is 0.279. The quantitative estimate of drug-likeness (QED) is 0.791. The summed E-state index contributed by atoms with van der Waals surface area (Å²) in [4.78, 5) is 16.1. The number of Topliss-reactive ketones (excluding diaryl/α,β-unsaturated/α-hetero) is 1. The molecule has 0 aliphatic heterocycles.